The fourth-order valence-corrected chi connectivity index (χ4v) is 2.56. The highest BCUT2D eigenvalue weighted by molar-refractivity contribution is 6.30. The van der Waals surface area contributed by atoms with Gasteiger partial charge in [-0.2, -0.15) is 0 Å². The van der Waals surface area contributed by atoms with Crippen molar-refractivity contribution >= 4 is 11.6 Å². The fraction of sp³-hybridized carbons (Fsp3) is 0.308. The predicted molar refractivity (Wildman–Crippen MR) is 68.1 cm³/mol. The third kappa shape index (κ3) is 2.35. The van der Waals surface area contributed by atoms with Gasteiger partial charge in [-0.25, -0.2) is 4.98 Å². The van der Waals surface area contributed by atoms with E-state index in [9.17, 15) is 0 Å². The van der Waals surface area contributed by atoms with Crippen molar-refractivity contribution < 1.29 is 0 Å². The largest absolute Gasteiger partial charge is 0.347 e. The fourth-order valence-electron chi connectivity index (χ4n) is 2.37. The van der Waals surface area contributed by atoms with Crippen LogP contribution in [0, 0.1) is 0 Å². The van der Waals surface area contributed by atoms with Gasteiger partial charge in [0.25, 0.3) is 0 Å². The lowest BCUT2D eigenvalue weighted by molar-refractivity contribution is 0.528. The first-order valence-corrected chi connectivity index (χ1v) is 6.17. The van der Waals surface area contributed by atoms with E-state index in [0.717, 1.165) is 30.1 Å². The van der Waals surface area contributed by atoms with Gasteiger partial charge in [0.1, 0.15) is 0 Å². The van der Waals surface area contributed by atoms with E-state index in [4.69, 9.17) is 11.6 Å². The Balaban J connectivity index is 1.62. The van der Waals surface area contributed by atoms with Crippen molar-refractivity contribution in [2.75, 3.05) is 0 Å². The van der Waals surface area contributed by atoms with Gasteiger partial charge in [-0.05, 0) is 36.1 Å². The Morgan fingerprint density at radius 2 is 2.24 bits per heavy atom. The summed E-state index contributed by atoms with van der Waals surface area (Å²) in [6, 6.07) is 6.69. The molecular formula is C13H14ClN3. The summed E-state index contributed by atoms with van der Waals surface area (Å²) in [5, 5.41) is 4.37. The molecule has 0 amide bonds. The van der Waals surface area contributed by atoms with Gasteiger partial charge < -0.3 is 10.3 Å². The number of aromatic amines is 1. The molecule has 1 aromatic carbocycles. The second-order valence-electron chi connectivity index (χ2n) is 4.48. The highest BCUT2D eigenvalue weighted by Crippen LogP contribution is 2.25. The number of imidazole rings is 1. The average molecular weight is 248 g/mol. The molecule has 0 bridgehead atoms. The molecule has 17 heavy (non-hydrogen) atoms. The maximum Gasteiger partial charge on any atom is 0.0922 e. The average Bonchev–Trinajstić information content (AvgIpc) is 2.94. The SMILES string of the molecule is Clc1ccc2c(c1)CC(NCc1cnc[nH]1)C2. The Morgan fingerprint density at radius 1 is 1.35 bits per heavy atom. The van der Waals surface area contributed by atoms with E-state index < -0.39 is 0 Å². The second kappa shape index (κ2) is 4.51. The molecule has 3 nitrogen and oxygen atoms in total. The summed E-state index contributed by atoms with van der Waals surface area (Å²) in [5.41, 5.74) is 3.91. The second-order valence-corrected chi connectivity index (χ2v) is 4.91. The zero-order valence-corrected chi connectivity index (χ0v) is 10.2. The lowest BCUT2D eigenvalue weighted by Crippen LogP contribution is -2.29. The molecule has 2 aromatic rings. The Morgan fingerprint density at radius 3 is 3.06 bits per heavy atom. The van der Waals surface area contributed by atoms with Crippen LogP contribution in [0.1, 0.15) is 16.8 Å². The van der Waals surface area contributed by atoms with E-state index in [1.54, 1.807) is 6.33 Å². The number of aromatic nitrogens is 2. The van der Waals surface area contributed by atoms with E-state index in [1.165, 1.54) is 11.1 Å². The smallest absolute Gasteiger partial charge is 0.0922 e. The van der Waals surface area contributed by atoms with E-state index in [-0.39, 0.29) is 0 Å². The topological polar surface area (TPSA) is 40.7 Å². The number of rotatable bonds is 3. The van der Waals surface area contributed by atoms with Gasteiger partial charge in [0.2, 0.25) is 0 Å². The lowest BCUT2D eigenvalue weighted by Gasteiger charge is -2.10. The number of nitrogens with one attached hydrogen (secondary N) is 2. The van der Waals surface area contributed by atoms with Gasteiger partial charge in [-0.3, -0.25) is 0 Å². The number of fused-ring (bicyclic) bond motifs is 1. The number of hydrogen-bond acceptors (Lipinski definition) is 2. The zero-order chi connectivity index (χ0) is 11.7. The van der Waals surface area contributed by atoms with Crippen molar-refractivity contribution in [1.29, 1.82) is 0 Å². The van der Waals surface area contributed by atoms with Crippen molar-refractivity contribution in [3.63, 3.8) is 0 Å². The first-order chi connectivity index (χ1) is 8.31. The highest BCUT2D eigenvalue weighted by atomic mass is 35.5. The summed E-state index contributed by atoms with van der Waals surface area (Å²) in [5.74, 6) is 0. The molecule has 0 aliphatic heterocycles. The maximum atomic E-state index is 6.00. The molecule has 1 aliphatic carbocycles. The summed E-state index contributed by atoms with van der Waals surface area (Å²) in [6.45, 7) is 0.840. The Bertz CT molecular complexity index is 507. The van der Waals surface area contributed by atoms with Crippen molar-refractivity contribution in [3.05, 3.63) is 52.6 Å². The minimum Gasteiger partial charge on any atom is -0.347 e. The van der Waals surface area contributed by atoms with E-state index in [1.807, 2.05) is 12.3 Å². The molecule has 0 fully saturated rings. The van der Waals surface area contributed by atoms with Gasteiger partial charge in [-0.1, -0.05) is 17.7 Å². The number of H-pyrrole nitrogens is 1. The standard InChI is InChI=1S/C13H14ClN3/c14-11-2-1-9-4-12(5-10(9)3-11)16-7-13-6-15-8-17-13/h1-3,6,8,12,16H,4-5,7H2,(H,15,17). The lowest BCUT2D eigenvalue weighted by atomic mass is 10.1. The van der Waals surface area contributed by atoms with Crippen LogP contribution in [0.25, 0.3) is 0 Å². The van der Waals surface area contributed by atoms with Crippen LogP contribution in [0.15, 0.2) is 30.7 Å². The molecule has 4 heteroatoms. The quantitative estimate of drug-likeness (QED) is 0.874. The van der Waals surface area contributed by atoms with Crippen LogP contribution < -0.4 is 5.32 Å². The van der Waals surface area contributed by atoms with Crippen molar-refractivity contribution in [1.82, 2.24) is 15.3 Å². The Hall–Kier alpha value is -1.32. The zero-order valence-electron chi connectivity index (χ0n) is 9.41. The number of halogens is 1. The predicted octanol–water partition coefficient (Wildman–Crippen LogP) is 2.32. The summed E-state index contributed by atoms with van der Waals surface area (Å²) < 4.78 is 0. The van der Waals surface area contributed by atoms with Crippen molar-refractivity contribution in [2.45, 2.75) is 25.4 Å². The van der Waals surface area contributed by atoms with Gasteiger partial charge in [-0.15, -0.1) is 0 Å². The first kappa shape index (κ1) is 10.8. The first-order valence-electron chi connectivity index (χ1n) is 5.79. The Kier molecular flexibility index (Phi) is 2.87. The summed E-state index contributed by atoms with van der Waals surface area (Å²) in [6.07, 6.45) is 5.71. The van der Waals surface area contributed by atoms with Crippen LogP contribution in [0.5, 0.6) is 0 Å². The van der Waals surface area contributed by atoms with Crippen LogP contribution in [0.3, 0.4) is 0 Å². The molecule has 0 radical (unpaired) electrons. The molecule has 0 spiro atoms. The third-order valence-electron chi connectivity index (χ3n) is 3.24. The van der Waals surface area contributed by atoms with Gasteiger partial charge >= 0.3 is 0 Å². The van der Waals surface area contributed by atoms with Crippen LogP contribution >= 0.6 is 11.6 Å². The van der Waals surface area contributed by atoms with E-state index in [2.05, 4.69) is 27.4 Å². The molecule has 1 unspecified atom stereocenters. The van der Waals surface area contributed by atoms with Gasteiger partial charge in [0.05, 0.1) is 6.33 Å². The summed E-state index contributed by atoms with van der Waals surface area (Å²) in [4.78, 5) is 7.10. The van der Waals surface area contributed by atoms with Crippen LogP contribution in [-0.4, -0.2) is 16.0 Å². The van der Waals surface area contributed by atoms with Crippen LogP contribution in [0.4, 0.5) is 0 Å². The number of nitrogens with zero attached hydrogens (tertiary/aromatic N) is 1. The molecule has 1 heterocycles. The molecule has 0 saturated carbocycles. The summed E-state index contributed by atoms with van der Waals surface area (Å²) in [7, 11) is 0. The Labute approximate surface area is 105 Å². The number of benzene rings is 1. The highest BCUT2D eigenvalue weighted by Gasteiger charge is 2.20. The van der Waals surface area contributed by atoms with E-state index >= 15 is 0 Å². The van der Waals surface area contributed by atoms with E-state index in [0.29, 0.717) is 6.04 Å². The normalized spacial score (nSPS) is 18.3. The molecule has 2 N–H and O–H groups in total. The molecule has 3 rings (SSSR count). The van der Waals surface area contributed by atoms with Gasteiger partial charge in [0.15, 0.2) is 0 Å². The molecule has 1 aliphatic rings. The molecular weight excluding hydrogens is 234 g/mol. The minimum absolute atomic E-state index is 0.506. The van der Waals surface area contributed by atoms with Gasteiger partial charge in [0, 0.05) is 29.5 Å². The van der Waals surface area contributed by atoms with Crippen molar-refractivity contribution in [2.24, 2.45) is 0 Å². The number of hydrogen-bond donors (Lipinski definition) is 2. The minimum atomic E-state index is 0.506. The maximum absolute atomic E-state index is 6.00. The monoisotopic (exact) mass is 247 g/mol. The third-order valence-corrected chi connectivity index (χ3v) is 3.47. The molecule has 88 valence electrons. The summed E-state index contributed by atoms with van der Waals surface area (Å²) >= 11 is 6.00. The molecule has 0 saturated heterocycles. The molecule has 1 aromatic heterocycles. The molecule has 1 atom stereocenters. The van der Waals surface area contributed by atoms with Crippen LogP contribution in [-0.2, 0) is 19.4 Å². The van der Waals surface area contributed by atoms with Crippen LogP contribution in [0.2, 0.25) is 5.02 Å². The van der Waals surface area contributed by atoms with Crippen molar-refractivity contribution in [3.8, 4) is 0 Å².